The number of rotatable bonds is 6. The molecule has 1 aliphatic rings. The van der Waals surface area contributed by atoms with Gasteiger partial charge in [-0.05, 0) is 37.0 Å². The molecule has 6 nitrogen and oxygen atoms in total. The Morgan fingerprint density at radius 2 is 2.33 bits per heavy atom. The van der Waals surface area contributed by atoms with E-state index in [0.717, 1.165) is 44.7 Å². The molecule has 1 atom stereocenters. The van der Waals surface area contributed by atoms with Crippen molar-refractivity contribution in [2.75, 3.05) is 25.5 Å². The number of carbonyl (C=O) groups is 1. The monoisotopic (exact) mass is 327 g/mol. The lowest BCUT2D eigenvalue weighted by Crippen LogP contribution is -2.39. The van der Waals surface area contributed by atoms with Gasteiger partial charge in [0.25, 0.3) is 0 Å². The van der Waals surface area contributed by atoms with E-state index in [1.54, 1.807) is 12.5 Å². The number of hydrogen-bond donors (Lipinski definition) is 1. The summed E-state index contributed by atoms with van der Waals surface area (Å²) in [6.45, 7) is 2.54. The molecule has 2 aromatic heterocycles. The van der Waals surface area contributed by atoms with E-state index >= 15 is 0 Å². The Morgan fingerprint density at radius 3 is 3.12 bits per heavy atom. The lowest BCUT2D eigenvalue weighted by molar-refractivity contribution is -0.132. The van der Waals surface area contributed by atoms with E-state index in [9.17, 15) is 4.79 Å². The highest BCUT2D eigenvalue weighted by Gasteiger charge is 2.24. The van der Waals surface area contributed by atoms with E-state index < -0.39 is 0 Å². The maximum atomic E-state index is 12.5. The van der Waals surface area contributed by atoms with Crippen LogP contribution in [0.2, 0.25) is 0 Å². The molecule has 0 aromatic carbocycles. The Bertz CT molecular complexity index is 655. The molecule has 1 N–H and O–H groups in total. The molecule has 3 rings (SSSR count). The molecule has 2 aromatic rings. The van der Waals surface area contributed by atoms with Gasteiger partial charge in [0.05, 0.1) is 6.33 Å². The first-order chi connectivity index (χ1) is 11.8. The zero-order valence-corrected chi connectivity index (χ0v) is 14.2. The number of imidazole rings is 1. The van der Waals surface area contributed by atoms with Crippen molar-refractivity contribution >= 4 is 11.7 Å². The lowest BCUT2D eigenvalue weighted by atomic mass is 9.91. The van der Waals surface area contributed by atoms with Crippen LogP contribution in [0.15, 0.2) is 37.1 Å². The second kappa shape index (κ2) is 7.95. The molecule has 3 heterocycles. The van der Waals surface area contributed by atoms with E-state index in [0.29, 0.717) is 12.3 Å². The van der Waals surface area contributed by atoms with E-state index in [1.165, 1.54) is 5.56 Å². The Kier molecular flexibility index (Phi) is 5.46. The molecule has 1 amide bonds. The lowest BCUT2D eigenvalue weighted by Gasteiger charge is -2.33. The van der Waals surface area contributed by atoms with Gasteiger partial charge in [0, 0.05) is 57.6 Å². The summed E-state index contributed by atoms with van der Waals surface area (Å²) in [5.41, 5.74) is 1.27. The van der Waals surface area contributed by atoms with Gasteiger partial charge < -0.3 is 14.8 Å². The Balaban J connectivity index is 1.53. The van der Waals surface area contributed by atoms with Gasteiger partial charge in [-0.25, -0.2) is 9.97 Å². The van der Waals surface area contributed by atoms with Crippen molar-refractivity contribution in [2.45, 2.75) is 38.1 Å². The highest BCUT2D eigenvalue weighted by molar-refractivity contribution is 5.76. The number of amides is 1. The first-order valence-corrected chi connectivity index (χ1v) is 8.63. The first-order valence-electron chi connectivity index (χ1n) is 8.63. The van der Waals surface area contributed by atoms with Crippen molar-refractivity contribution < 1.29 is 4.79 Å². The van der Waals surface area contributed by atoms with Crippen molar-refractivity contribution in [3.8, 4) is 0 Å². The van der Waals surface area contributed by atoms with Crippen LogP contribution in [0.4, 0.5) is 5.82 Å². The van der Waals surface area contributed by atoms with Gasteiger partial charge in [-0.1, -0.05) is 0 Å². The number of hydrogen-bond acceptors (Lipinski definition) is 4. The largest absolute Gasteiger partial charge is 0.373 e. The number of aryl methyl sites for hydroxylation is 1. The van der Waals surface area contributed by atoms with Crippen molar-refractivity contribution in [2.24, 2.45) is 0 Å². The highest BCUT2D eigenvalue weighted by Crippen LogP contribution is 2.28. The maximum absolute atomic E-state index is 12.5. The number of aromatic nitrogens is 3. The molecule has 0 spiro atoms. The number of nitrogens with one attached hydrogen (secondary N) is 1. The molecule has 1 fully saturated rings. The average molecular weight is 327 g/mol. The quantitative estimate of drug-likeness (QED) is 0.885. The van der Waals surface area contributed by atoms with Crippen LogP contribution in [-0.2, 0) is 11.3 Å². The summed E-state index contributed by atoms with van der Waals surface area (Å²) >= 11 is 0. The van der Waals surface area contributed by atoms with Crippen LogP contribution in [0.25, 0.3) is 0 Å². The summed E-state index contributed by atoms with van der Waals surface area (Å²) in [7, 11) is 1.88. The predicted octanol–water partition coefficient (Wildman–Crippen LogP) is 2.51. The number of nitrogens with zero attached hydrogens (tertiary/aromatic N) is 4. The van der Waals surface area contributed by atoms with Crippen LogP contribution in [0.1, 0.15) is 37.2 Å². The van der Waals surface area contributed by atoms with Gasteiger partial charge in [-0.2, -0.15) is 0 Å². The molecule has 6 heteroatoms. The third-order valence-corrected chi connectivity index (χ3v) is 4.65. The molecule has 0 unspecified atom stereocenters. The van der Waals surface area contributed by atoms with Crippen LogP contribution in [0, 0.1) is 0 Å². The molecular formula is C18H25N5O. The highest BCUT2D eigenvalue weighted by atomic mass is 16.2. The number of likely N-dealkylation sites (tertiary alicyclic amines) is 1. The first kappa shape index (κ1) is 16.5. The van der Waals surface area contributed by atoms with E-state index in [1.807, 2.05) is 28.9 Å². The smallest absolute Gasteiger partial charge is 0.222 e. The summed E-state index contributed by atoms with van der Waals surface area (Å²) in [6.07, 6.45) is 11.0. The molecule has 1 aliphatic heterocycles. The van der Waals surface area contributed by atoms with Gasteiger partial charge in [0.15, 0.2) is 0 Å². The summed E-state index contributed by atoms with van der Waals surface area (Å²) in [5.74, 6) is 1.56. The molecular weight excluding hydrogens is 302 g/mol. The van der Waals surface area contributed by atoms with Crippen molar-refractivity contribution in [3.63, 3.8) is 0 Å². The van der Waals surface area contributed by atoms with E-state index in [2.05, 4.69) is 27.4 Å². The van der Waals surface area contributed by atoms with Crippen molar-refractivity contribution in [3.05, 3.63) is 42.6 Å². The second-order valence-electron chi connectivity index (χ2n) is 6.31. The van der Waals surface area contributed by atoms with Crippen molar-refractivity contribution in [1.82, 2.24) is 19.4 Å². The molecule has 0 aliphatic carbocycles. The minimum atomic E-state index is 0.266. The zero-order chi connectivity index (χ0) is 16.8. The Hall–Kier alpha value is -2.37. The normalized spacial score (nSPS) is 17.7. The summed E-state index contributed by atoms with van der Waals surface area (Å²) in [4.78, 5) is 22.8. The van der Waals surface area contributed by atoms with E-state index in [-0.39, 0.29) is 5.91 Å². The van der Waals surface area contributed by atoms with Gasteiger partial charge >= 0.3 is 0 Å². The Morgan fingerprint density at radius 1 is 1.42 bits per heavy atom. The van der Waals surface area contributed by atoms with Crippen LogP contribution < -0.4 is 5.32 Å². The second-order valence-corrected chi connectivity index (χ2v) is 6.31. The van der Waals surface area contributed by atoms with Gasteiger partial charge in [0.2, 0.25) is 5.91 Å². The van der Waals surface area contributed by atoms with Crippen LogP contribution in [0.5, 0.6) is 0 Å². The number of pyridine rings is 1. The Labute approximate surface area is 142 Å². The summed E-state index contributed by atoms with van der Waals surface area (Å²) in [5, 5.41) is 3.08. The molecule has 1 saturated heterocycles. The zero-order valence-electron chi connectivity index (χ0n) is 14.2. The number of piperidine rings is 1. The standard InChI is InChI=1S/C18H25N5O/c1-19-17-12-15(6-7-21-17)16-4-2-10-23(13-16)18(24)5-3-9-22-11-8-20-14-22/h6-8,11-12,14,16H,2-5,9-10,13H2,1H3,(H,19,21)/t16-/m1/s1. The summed E-state index contributed by atoms with van der Waals surface area (Å²) in [6, 6.07) is 4.16. The fourth-order valence-corrected chi connectivity index (χ4v) is 3.30. The fourth-order valence-electron chi connectivity index (χ4n) is 3.30. The molecule has 24 heavy (non-hydrogen) atoms. The minimum Gasteiger partial charge on any atom is -0.373 e. The maximum Gasteiger partial charge on any atom is 0.222 e. The van der Waals surface area contributed by atoms with Gasteiger partial charge in [-0.15, -0.1) is 0 Å². The SMILES string of the molecule is CNc1cc([C@@H]2CCCN(C(=O)CCCn3ccnc3)C2)ccn1. The van der Waals surface area contributed by atoms with E-state index in [4.69, 9.17) is 0 Å². The minimum absolute atomic E-state index is 0.266. The topological polar surface area (TPSA) is 63.1 Å². The third kappa shape index (κ3) is 4.13. The van der Waals surface area contributed by atoms with Gasteiger partial charge in [0.1, 0.15) is 5.82 Å². The molecule has 0 bridgehead atoms. The van der Waals surface area contributed by atoms with Crippen LogP contribution >= 0.6 is 0 Å². The number of anilines is 1. The summed E-state index contributed by atoms with van der Waals surface area (Å²) < 4.78 is 2.02. The predicted molar refractivity (Wildman–Crippen MR) is 93.8 cm³/mol. The van der Waals surface area contributed by atoms with Crippen molar-refractivity contribution in [1.29, 1.82) is 0 Å². The molecule has 0 saturated carbocycles. The van der Waals surface area contributed by atoms with Crippen LogP contribution in [0.3, 0.4) is 0 Å². The average Bonchev–Trinajstić information content (AvgIpc) is 3.15. The molecule has 0 radical (unpaired) electrons. The van der Waals surface area contributed by atoms with Gasteiger partial charge in [-0.3, -0.25) is 4.79 Å². The van der Waals surface area contributed by atoms with Crippen LogP contribution in [-0.4, -0.2) is 45.5 Å². The number of carbonyl (C=O) groups excluding carboxylic acids is 1. The molecule has 128 valence electrons. The fraction of sp³-hybridized carbons (Fsp3) is 0.500. The third-order valence-electron chi connectivity index (χ3n) is 4.65.